The quantitative estimate of drug-likeness (QED) is 0.844. The van der Waals surface area contributed by atoms with Crippen LogP contribution >= 0.6 is 12.4 Å². The van der Waals surface area contributed by atoms with Gasteiger partial charge in [0.1, 0.15) is 12.4 Å². The van der Waals surface area contributed by atoms with Gasteiger partial charge in [-0.15, -0.1) is 12.4 Å². The Morgan fingerprint density at radius 1 is 1.32 bits per heavy atom. The van der Waals surface area contributed by atoms with Crippen molar-refractivity contribution in [2.45, 2.75) is 30.2 Å². The van der Waals surface area contributed by atoms with Crippen molar-refractivity contribution in [1.82, 2.24) is 4.31 Å². The first-order valence-electron chi connectivity index (χ1n) is 6.68. The lowest BCUT2D eigenvalue weighted by Crippen LogP contribution is -2.39. The van der Waals surface area contributed by atoms with Crippen molar-refractivity contribution in [3.05, 3.63) is 24.3 Å². The molecule has 22 heavy (non-hydrogen) atoms. The molecule has 0 aromatic heterocycles. The van der Waals surface area contributed by atoms with Crippen LogP contribution in [0.5, 0.6) is 5.75 Å². The molecule has 0 spiro atoms. The average molecular weight is 357 g/mol. The predicted octanol–water partition coefficient (Wildman–Crippen LogP) is 1.86. The molecule has 1 heterocycles. The van der Waals surface area contributed by atoms with E-state index in [0.29, 0.717) is 6.54 Å². The van der Waals surface area contributed by atoms with E-state index in [1.807, 2.05) is 0 Å². The number of hydrogen-bond acceptors (Lipinski definition) is 4. The lowest BCUT2D eigenvalue weighted by Gasteiger charge is -2.22. The number of nitrogens with zero attached hydrogens (tertiary/aromatic N) is 1. The highest BCUT2D eigenvalue weighted by atomic mass is 35.5. The van der Waals surface area contributed by atoms with Crippen molar-refractivity contribution in [2.75, 3.05) is 19.7 Å². The number of alkyl halides is 2. The summed E-state index contributed by atoms with van der Waals surface area (Å²) in [5.41, 5.74) is 5.59. The monoisotopic (exact) mass is 356 g/mol. The second-order valence-corrected chi connectivity index (χ2v) is 6.71. The summed E-state index contributed by atoms with van der Waals surface area (Å²) in [6.07, 6.45) is -1.02. The van der Waals surface area contributed by atoms with Crippen LogP contribution in [-0.4, -0.2) is 44.9 Å². The summed E-state index contributed by atoms with van der Waals surface area (Å²) in [5, 5.41) is 0. The Labute approximate surface area is 134 Å². The predicted molar refractivity (Wildman–Crippen MR) is 81.2 cm³/mol. The highest BCUT2D eigenvalue weighted by Crippen LogP contribution is 2.26. The molecule has 9 heteroatoms. The lowest BCUT2D eigenvalue weighted by molar-refractivity contribution is 0.0819. The Hall–Kier alpha value is -0.960. The van der Waals surface area contributed by atoms with Crippen molar-refractivity contribution in [1.29, 1.82) is 0 Å². The zero-order valence-electron chi connectivity index (χ0n) is 11.8. The highest BCUT2D eigenvalue weighted by molar-refractivity contribution is 7.89. The molecule has 2 N–H and O–H groups in total. The molecule has 1 saturated heterocycles. The highest BCUT2D eigenvalue weighted by Gasteiger charge is 2.34. The summed E-state index contributed by atoms with van der Waals surface area (Å²) in [4.78, 5) is 0.118. The van der Waals surface area contributed by atoms with Crippen LogP contribution in [0.25, 0.3) is 0 Å². The minimum absolute atomic E-state index is 0. The number of sulfonamides is 1. The number of hydrogen-bond donors (Lipinski definition) is 1. The number of benzene rings is 1. The number of nitrogens with two attached hydrogens (primary N) is 1. The molecule has 1 aliphatic rings. The van der Waals surface area contributed by atoms with Crippen LogP contribution in [0.3, 0.4) is 0 Å². The first kappa shape index (κ1) is 19.1. The minimum atomic E-state index is -3.60. The van der Waals surface area contributed by atoms with Crippen molar-refractivity contribution in [3.8, 4) is 5.75 Å². The zero-order chi connectivity index (χ0) is 15.5. The molecule has 5 nitrogen and oxygen atoms in total. The summed E-state index contributed by atoms with van der Waals surface area (Å²) < 4.78 is 55.3. The van der Waals surface area contributed by atoms with Crippen LogP contribution in [0.2, 0.25) is 0 Å². The van der Waals surface area contributed by atoms with E-state index < -0.39 is 23.1 Å². The van der Waals surface area contributed by atoms with Gasteiger partial charge in [0.2, 0.25) is 10.0 Å². The smallest absolute Gasteiger partial charge is 0.272 e. The van der Waals surface area contributed by atoms with E-state index in [1.54, 1.807) is 0 Å². The third-order valence-electron chi connectivity index (χ3n) is 3.40. The molecular formula is C13H19ClF2N2O3S. The SMILES string of the molecule is Cl.NCC1CCCN1S(=O)(=O)c1ccc(OCC(F)F)cc1. The normalized spacial score (nSPS) is 19.2. The van der Waals surface area contributed by atoms with Crippen LogP contribution in [0.1, 0.15) is 12.8 Å². The number of halogens is 3. The van der Waals surface area contributed by atoms with Gasteiger partial charge in [-0.05, 0) is 37.1 Å². The average Bonchev–Trinajstić information content (AvgIpc) is 2.94. The van der Waals surface area contributed by atoms with Crippen LogP contribution < -0.4 is 10.5 Å². The van der Waals surface area contributed by atoms with E-state index in [-0.39, 0.29) is 35.6 Å². The Kier molecular flexibility index (Phi) is 6.98. The van der Waals surface area contributed by atoms with Gasteiger partial charge in [-0.1, -0.05) is 0 Å². The van der Waals surface area contributed by atoms with Crippen molar-refractivity contribution in [3.63, 3.8) is 0 Å². The molecule has 1 unspecified atom stereocenters. The van der Waals surface area contributed by atoms with Gasteiger partial charge in [0.15, 0.2) is 0 Å². The van der Waals surface area contributed by atoms with Crippen LogP contribution in [0.4, 0.5) is 8.78 Å². The van der Waals surface area contributed by atoms with Crippen LogP contribution in [-0.2, 0) is 10.0 Å². The van der Waals surface area contributed by atoms with Gasteiger partial charge < -0.3 is 10.5 Å². The Morgan fingerprint density at radius 2 is 1.95 bits per heavy atom. The molecule has 1 aromatic rings. The van der Waals surface area contributed by atoms with Gasteiger partial charge in [-0.2, -0.15) is 4.31 Å². The van der Waals surface area contributed by atoms with Crippen molar-refractivity contribution in [2.24, 2.45) is 5.73 Å². The molecule has 126 valence electrons. The largest absolute Gasteiger partial charge is 0.488 e. The van der Waals surface area contributed by atoms with E-state index in [2.05, 4.69) is 0 Å². The Morgan fingerprint density at radius 3 is 2.50 bits per heavy atom. The molecule has 1 aromatic carbocycles. The molecule has 0 radical (unpaired) electrons. The van der Waals surface area contributed by atoms with Crippen molar-refractivity contribution >= 4 is 22.4 Å². The molecule has 1 atom stereocenters. The first-order chi connectivity index (χ1) is 9.95. The van der Waals surface area contributed by atoms with Gasteiger partial charge >= 0.3 is 0 Å². The molecule has 1 fully saturated rings. The topological polar surface area (TPSA) is 72.6 Å². The molecule has 0 amide bonds. The zero-order valence-corrected chi connectivity index (χ0v) is 13.5. The third-order valence-corrected chi connectivity index (χ3v) is 5.37. The van der Waals surface area contributed by atoms with Crippen LogP contribution in [0.15, 0.2) is 29.2 Å². The number of rotatable bonds is 6. The molecule has 0 saturated carbocycles. The van der Waals surface area contributed by atoms with E-state index >= 15 is 0 Å². The maximum Gasteiger partial charge on any atom is 0.272 e. The summed E-state index contributed by atoms with van der Waals surface area (Å²) in [5.74, 6) is 0.214. The van der Waals surface area contributed by atoms with Crippen LogP contribution in [0, 0.1) is 0 Å². The summed E-state index contributed by atoms with van der Waals surface area (Å²) in [6, 6.07) is 5.31. The van der Waals surface area contributed by atoms with E-state index in [0.717, 1.165) is 12.8 Å². The Bertz CT molecular complexity index is 569. The first-order valence-corrected chi connectivity index (χ1v) is 8.12. The maximum atomic E-state index is 12.5. The van der Waals surface area contributed by atoms with Gasteiger partial charge in [0.05, 0.1) is 4.90 Å². The maximum absolute atomic E-state index is 12.5. The van der Waals surface area contributed by atoms with Crippen molar-refractivity contribution < 1.29 is 21.9 Å². The second kappa shape index (κ2) is 8.05. The third kappa shape index (κ3) is 4.28. The fourth-order valence-electron chi connectivity index (χ4n) is 2.36. The fourth-order valence-corrected chi connectivity index (χ4v) is 4.07. The molecule has 1 aliphatic heterocycles. The molecule has 0 bridgehead atoms. The lowest BCUT2D eigenvalue weighted by atomic mass is 10.2. The minimum Gasteiger partial charge on any atom is -0.488 e. The van der Waals surface area contributed by atoms with Gasteiger partial charge in [-0.25, -0.2) is 17.2 Å². The second-order valence-electron chi connectivity index (χ2n) is 4.82. The van der Waals surface area contributed by atoms with E-state index in [1.165, 1.54) is 28.6 Å². The fraction of sp³-hybridized carbons (Fsp3) is 0.538. The standard InChI is InChI=1S/C13H18F2N2O3S.ClH/c14-13(15)9-20-11-3-5-12(6-4-11)21(18,19)17-7-1-2-10(17)8-16;/h3-6,10,13H,1-2,7-9,16H2;1H. The Balaban J connectivity index is 0.00000242. The summed E-state index contributed by atoms with van der Waals surface area (Å²) in [6.45, 7) is 0.0239. The summed E-state index contributed by atoms with van der Waals surface area (Å²) >= 11 is 0. The number of ether oxygens (including phenoxy) is 1. The van der Waals surface area contributed by atoms with Gasteiger partial charge in [0, 0.05) is 19.1 Å². The molecular weight excluding hydrogens is 338 g/mol. The van der Waals surface area contributed by atoms with E-state index in [4.69, 9.17) is 10.5 Å². The van der Waals surface area contributed by atoms with E-state index in [9.17, 15) is 17.2 Å². The molecule has 0 aliphatic carbocycles. The van der Waals surface area contributed by atoms with Gasteiger partial charge in [-0.3, -0.25) is 0 Å². The summed E-state index contributed by atoms with van der Waals surface area (Å²) in [7, 11) is -3.60. The molecule has 2 rings (SSSR count). The van der Waals surface area contributed by atoms with Gasteiger partial charge in [0.25, 0.3) is 6.43 Å².